The van der Waals surface area contributed by atoms with E-state index >= 15 is 0 Å². The zero-order valence-electron chi connectivity index (χ0n) is 11.1. The van der Waals surface area contributed by atoms with Crippen molar-refractivity contribution >= 4 is 18.0 Å². The van der Waals surface area contributed by atoms with Crippen LogP contribution in [0.2, 0.25) is 0 Å². The standard InChI is InChI=1S/C12H20N2O5/c1-19-10(15)6-5-9(11(16)17)13-12(18)14-7-3-2-4-8-14/h9H,2-8H2,1H3,(H,13,18)(H,16,17)/t9-/m1/s1. The van der Waals surface area contributed by atoms with E-state index in [9.17, 15) is 14.4 Å². The molecule has 0 unspecified atom stereocenters. The van der Waals surface area contributed by atoms with Crippen molar-refractivity contribution in [3.8, 4) is 0 Å². The third-order valence-electron chi connectivity index (χ3n) is 3.10. The molecular weight excluding hydrogens is 252 g/mol. The van der Waals surface area contributed by atoms with Crippen LogP contribution in [0.25, 0.3) is 0 Å². The number of nitrogens with one attached hydrogen (secondary N) is 1. The fourth-order valence-electron chi connectivity index (χ4n) is 1.96. The Labute approximate surface area is 111 Å². The molecule has 0 saturated carbocycles. The topological polar surface area (TPSA) is 95.9 Å². The maximum Gasteiger partial charge on any atom is 0.326 e. The normalized spacial score (nSPS) is 16.6. The zero-order chi connectivity index (χ0) is 14.3. The number of likely N-dealkylation sites (tertiary alicyclic amines) is 1. The minimum Gasteiger partial charge on any atom is -0.480 e. The van der Waals surface area contributed by atoms with Gasteiger partial charge in [-0.3, -0.25) is 4.79 Å². The first-order valence-electron chi connectivity index (χ1n) is 6.39. The summed E-state index contributed by atoms with van der Waals surface area (Å²) in [7, 11) is 1.24. The second-order valence-electron chi connectivity index (χ2n) is 4.50. The second kappa shape index (κ2) is 7.60. The molecule has 2 N–H and O–H groups in total. The fourth-order valence-corrected chi connectivity index (χ4v) is 1.96. The summed E-state index contributed by atoms with van der Waals surface area (Å²) in [5.74, 6) is -1.63. The van der Waals surface area contributed by atoms with Crippen LogP contribution in [0.3, 0.4) is 0 Å². The van der Waals surface area contributed by atoms with E-state index in [4.69, 9.17) is 5.11 Å². The van der Waals surface area contributed by atoms with E-state index < -0.39 is 18.0 Å². The van der Waals surface area contributed by atoms with Gasteiger partial charge in [0.15, 0.2) is 0 Å². The van der Waals surface area contributed by atoms with Gasteiger partial charge in [0.2, 0.25) is 0 Å². The van der Waals surface area contributed by atoms with Crippen LogP contribution in [0.1, 0.15) is 32.1 Å². The third kappa shape index (κ3) is 5.15. The Hall–Kier alpha value is -1.79. The molecule has 1 aliphatic rings. The highest BCUT2D eigenvalue weighted by atomic mass is 16.5. The molecule has 1 aliphatic heterocycles. The molecule has 0 aliphatic carbocycles. The minimum absolute atomic E-state index is 0.0294. The number of rotatable bonds is 5. The molecule has 1 rings (SSSR count). The van der Waals surface area contributed by atoms with Crippen molar-refractivity contribution in [1.29, 1.82) is 0 Å². The van der Waals surface area contributed by atoms with Crippen LogP contribution in [0.5, 0.6) is 0 Å². The predicted molar refractivity (Wildman–Crippen MR) is 66.6 cm³/mol. The molecule has 1 fully saturated rings. The molecule has 0 aromatic carbocycles. The van der Waals surface area contributed by atoms with Gasteiger partial charge in [-0.15, -0.1) is 0 Å². The Balaban J connectivity index is 2.45. The lowest BCUT2D eigenvalue weighted by molar-refractivity contribution is -0.142. The zero-order valence-corrected chi connectivity index (χ0v) is 11.1. The lowest BCUT2D eigenvalue weighted by Crippen LogP contribution is -2.49. The van der Waals surface area contributed by atoms with Gasteiger partial charge < -0.3 is 20.1 Å². The van der Waals surface area contributed by atoms with E-state index in [1.807, 2.05) is 0 Å². The molecular formula is C12H20N2O5. The molecule has 0 aromatic heterocycles. The number of carboxylic acids is 1. The van der Waals surface area contributed by atoms with Crippen molar-refractivity contribution in [2.75, 3.05) is 20.2 Å². The first-order chi connectivity index (χ1) is 9.04. The molecule has 0 aromatic rings. The molecule has 7 nitrogen and oxygen atoms in total. The van der Waals surface area contributed by atoms with Gasteiger partial charge in [-0.1, -0.05) is 0 Å². The van der Waals surface area contributed by atoms with E-state index in [0.717, 1.165) is 19.3 Å². The number of amides is 2. The number of hydrogen-bond acceptors (Lipinski definition) is 4. The number of hydrogen-bond donors (Lipinski definition) is 2. The van der Waals surface area contributed by atoms with Gasteiger partial charge in [0.05, 0.1) is 7.11 Å². The lowest BCUT2D eigenvalue weighted by Gasteiger charge is -2.28. The monoisotopic (exact) mass is 272 g/mol. The van der Waals surface area contributed by atoms with Crippen molar-refractivity contribution in [2.45, 2.75) is 38.1 Å². The number of carbonyl (C=O) groups excluding carboxylic acids is 2. The molecule has 2 amide bonds. The van der Waals surface area contributed by atoms with Gasteiger partial charge in [0.1, 0.15) is 6.04 Å². The van der Waals surface area contributed by atoms with Gasteiger partial charge in [-0.05, 0) is 25.7 Å². The van der Waals surface area contributed by atoms with Crippen molar-refractivity contribution < 1.29 is 24.2 Å². The number of urea groups is 1. The Kier molecular flexibility index (Phi) is 6.11. The Morgan fingerprint density at radius 3 is 2.42 bits per heavy atom. The molecule has 108 valence electrons. The molecule has 0 radical (unpaired) electrons. The molecule has 1 heterocycles. The van der Waals surface area contributed by atoms with Gasteiger partial charge >= 0.3 is 18.0 Å². The van der Waals surface area contributed by atoms with Gasteiger partial charge in [-0.2, -0.15) is 0 Å². The summed E-state index contributed by atoms with van der Waals surface area (Å²) < 4.78 is 4.45. The minimum atomic E-state index is -1.14. The second-order valence-corrected chi connectivity index (χ2v) is 4.50. The maximum atomic E-state index is 11.9. The summed E-state index contributed by atoms with van der Waals surface area (Å²) in [6, 6.07) is -1.44. The number of methoxy groups -OCH3 is 1. The highest BCUT2D eigenvalue weighted by Gasteiger charge is 2.24. The number of ether oxygens (including phenoxy) is 1. The highest BCUT2D eigenvalue weighted by molar-refractivity contribution is 5.83. The average Bonchev–Trinajstić information content (AvgIpc) is 2.43. The third-order valence-corrected chi connectivity index (χ3v) is 3.10. The molecule has 7 heteroatoms. The van der Waals surface area contributed by atoms with Crippen LogP contribution < -0.4 is 5.32 Å². The Bertz CT molecular complexity index is 339. The summed E-state index contributed by atoms with van der Waals surface area (Å²) >= 11 is 0. The van der Waals surface area contributed by atoms with E-state index in [0.29, 0.717) is 13.1 Å². The van der Waals surface area contributed by atoms with Crippen LogP contribution in [0.4, 0.5) is 4.79 Å². The van der Waals surface area contributed by atoms with Crippen molar-refractivity contribution in [2.24, 2.45) is 0 Å². The summed E-state index contributed by atoms with van der Waals surface area (Å²) in [4.78, 5) is 35.5. The van der Waals surface area contributed by atoms with Gasteiger partial charge in [0, 0.05) is 19.5 Å². The predicted octanol–water partition coefficient (Wildman–Crippen LogP) is 0.588. The number of nitrogens with zero attached hydrogens (tertiary/aromatic N) is 1. The van der Waals surface area contributed by atoms with Crippen LogP contribution >= 0.6 is 0 Å². The Morgan fingerprint density at radius 1 is 1.26 bits per heavy atom. The smallest absolute Gasteiger partial charge is 0.326 e. The summed E-state index contributed by atoms with van der Waals surface area (Å²) in [5.41, 5.74) is 0. The molecule has 0 bridgehead atoms. The number of carboxylic acid groups (broad SMARTS) is 1. The summed E-state index contributed by atoms with van der Waals surface area (Å²) in [6.45, 7) is 1.30. The fraction of sp³-hybridized carbons (Fsp3) is 0.750. The number of aliphatic carboxylic acids is 1. The van der Waals surface area contributed by atoms with E-state index in [-0.39, 0.29) is 18.9 Å². The van der Waals surface area contributed by atoms with E-state index in [1.165, 1.54) is 7.11 Å². The maximum absolute atomic E-state index is 11.9. The number of carbonyl (C=O) groups is 3. The first-order valence-corrected chi connectivity index (χ1v) is 6.39. The van der Waals surface area contributed by atoms with Crippen LogP contribution in [-0.2, 0) is 14.3 Å². The molecule has 19 heavy (non-hydrogen) atoms. The lowest BCUT2D eigenvalue weighted by atomic mass is 10.1. The van der Waals surface area contributed by atoms with Gasteiger partial charge in [-0.25, -0.2) is 9.59 Å². The quantitative estimate of drug-likeness (QED) is 0.714. The Morgan fingerprint density at radius 2 is 1.89 bits per heavy atom. The van der Waals surface area contributed by atoms with Crippen molar-refractivity contribution in [3.05, 3.63) is 0 Å². The molecule has 1 atom stereocenters. The average molecular weight is 272 g/mol. The van der Waals surface area contributed by atoms with E-state index in [1.54, 1.807) is 4.90 Å². The van der Waals surface area contributed by atoms with Crippen LogP contribution in [0.15, 0.2) is 0 Å². The van der Waals surface area contributed by atoms with E-state index in [2.05, 4.69) is 10.1 Å². The number of esters is 1. The van der Waals surface area contributed by atoms with Crippen molar-refractivity contribution in [1.82, 2.24) is 10.2 Å². The summed E-state index contributed by atoms with van der Waals surface area (Å²) in [6.07, 6.45) is 2.96. The first kappa shape index (κ1) is 15.3. The molecule has 0 spiro atoms. The van der Waals surface area contributed by atoms with Gasteiger partial charge in [0.25, 0.3) is 0 Å². The van der Waals surface area contributed by atoms with Crippen LogP contribution in [-0.4, -0.2) is 54.2 Å². The highest BCUT2D eigenvalue weighted by Crippen LogP contribution is 2.09. The van der Waals surface area contributed by atoms with Crippen LogP contribution in [0, 0.1) is 0 Å². The summed E-state index contributed by atoms with van der Waals surface area (Å²) in [5, 5.41) is 11.5. The molecule has 1 saturated heterocycles. The SMILES string of the molecule is COC(=O)CC[C@@H](NC(=O)N1CCCCC1)C(=O)O. The number of piperidine rings is 1. The van der Waals surface area contributed by atoms with Crippen molar-refractivity contribution in [3.63, 3.8) is 0 Å². The largest absolute Gasteiger partial charge is 0.480 e.